The van der Waals surface area contributed by atoms with Gasteiger partial charge in [-0.15, -0.1) is 0 Å². The maximum absolute atomic E-state index is 9.50. The molecule has 1 saturated heterocycles. The molecule has 23 heavy (non-hydrogen) atoms. The molecule has 0 saturated carbocycles. The van der Waals surface area contributed by atoms with E-state index in [4.69, 9.17) is 9.97 Å². The van der Waals surface area contributed by atoms with Crippen molar-refractivity contribution in [1.82, 2.24) is 20.3 Å². The van der Waals surface area contributed by atoms with E-state index in [0.29, 0.717) is 5.92 Å². The first-order chi connectivity index (χ1) is 11.3. The Kier molecular flexibility index (Phi) is 3.93. The predicted octanol–water partition coefficient (Wildman–Crippen LogP) is 1.35. The van der Waals surface area contributed by atoms with E-state index in [1.807, 2.05) is 12.1 Å². The van der Waals surface area contributed by atoms with Gasteiger partial charge >= 0.3 is 0 Å². The van der Waals surface area contributed by atoms with Crippen LogP contribution in [0, 0.1) is 5.92 Å². The molecular weight excluding hydrogens is 290 g/mol. The van der Waals surface area contributed by atoms with Crippen molar-refractivity contribution in [1.29, 1.82) is 0 Å². The lowest BCUT2D eigenvalue weighted by molar-refractivity contribution is 0.208. The smallest absolute Gasteiger partial charge is 0.163 e. The second-order valence-electron chi connectivity index (χ2n) is 6.28. The third kappa shape index (κ3) is 2.80. The minimum atomic E-state index is 0.248. The highest BCUT2D eigenvalue weighted by molar-refractivity contribution is 5.60. The highest BCUT2D eigenvalue weighted by atomic mass is 16.3. The molecule has 2 aliphatic rings. The Morgan fingerprint density at radius 3 is 3.09 bits per heavy atom. The number of aliphatic hydroxyl groups is 1. The van der Waals surface area contributed by atoms with Gasteiger partial charge in [-0.2, -0.15) is 0 Å². The maximum Gasteiger partial charge on any atom is 0.163 e. The quantitative estimate of drug-likeness (QED) is 0.891. The van der Waals surface area contributed by atoms with Crippen molar-refractivity contribution < 1.29 is 5.11 Å². The second-order valence-corrected chi connectivity index (χ2v) is 6.28. The third-order valence-corrected chi connectivity index (χ3v) is 4.66. The van der Waals surface area contributed by atoms with Gasteiger partial charge in [0, 0.05) is 56.3 Å². The van der Waals surface area contributed by atoms with E-state index < -0.39 is 0 Å². The van der Waals surface area contributed by atoms with Gasteiger partial charge in [0.15, 0.2) is 5.82 Å². The van der Waals surface area contributed by atoms with Crippen molar-refractivity contribution in [2.24, 2.45) is 5.92 Å². The Bertz CT molecular complexity index is 691. The molecule has 6 nitrogen and oxygen atoms in total. The average molecular weight is 311 g/mol. The number of nitrogens with one attached hydrogen (secondary N) is 1. The van der Waals surface area contributed by atoms with E-state index in [1.165, 1.54) is 5.56 Å². The lowest BCUT2D eigenvalue weighted by atomic mass is 9.98. The van der Waals surface area contributed by atoms with Crippen LogP contribution in [0.25, 0.3) is 11.4 Å². The number of nitrogens with zero attached hydrogens (tertiary/aromatic N) is 4. The lowest BCUT2D eigenvalue weighted by Crippen LogP contribution is -2.38. The Balaban J connectivity index is 1.75. The first-order valence-electron chi connectivity index (χ1n) is 8.22. The highest BCUT2D eigenvalue weighted by Gasteiger charge is 2.27. The molecule has 0 bridgehead atoms. The van der Waals surface area contributed by atoms with Crippen LogP contribution in [0.5, 0.6) is 0 Å². The minimum Gasteiger partial charge on any atom is -0.396 e. The number of hydrogen-bond acceptors (Lipinski definition) is 6. The van der Waals surface area contributed by atoms with E-state index in [0.717, 1.165) is 61.9 Å². The molecule has 0 amide bonds. The van der Waals surface area contributed by atoms with Gasteiger partial charge in [0.1, 0.15) is 5.82 Å². The van der Waals surface area contributed by atoms with Crippen molar-refractivity contribution in [3.63, 3.8) is 0 Å². The molecule has 6 heteroatoms. The molecule has 4 heterocycles. The molecule has 0 spiro atoms. The molecule has 0 aromatic carbocycles. The Morgan fingerprint density at radius 2 is 2.26 bits per heavy atom. The molecule has 2 aromatic heterocycles. The van der Waals surface area contributed by atoms with Crippen LogP contribution < -0.4 is 10.2 Å². The number of hydrogen-bond donors (Lipinski definition) is 2. The summed E-state index contributed by atoms with van der Waals surface area (Å²) in [5.41, 5.74) is 3.23. The fourth-order valence-electron chi connectivity index (χ4n) is 3.44. The first-order valence-corrected chi connectivity index (χ1v) is 8.22. The number of rotatable bonds is 3. The molecule has 1 atom stereocenters. The van der Waals surface area contributed by atoms with Crippen molar-refractivity contribution in [2.75, 3.05) is 24.6 Å². The minimum absolute atomic E-state index is 0.248. The fourth-order valence-corrected chi connectivity index (χ4v) is 3.44. The third-order valence-electron chi connectivity index (χ3n) is 4.66. The molecule has 120 valence electrons. The van der Waals surface area contributed by atoms with E-state index in [-0.39, 0.29) is 6.61 Å². The average Bonchev–Trinajstić information content (AvgIpc) is 3.10. The molecule has 2 N–H and O–H groups in total. The molecule has 4 rings (SSSR count). The topological polar surface area (TPSA) is 74.2 Å². The van der Waals surface area contributed by atoms with Gasteiger partial charge in [-0.1, -0.05) is 0 Å². The zero-order valence-corrected chi connectivity index (χ0v) is 13.1. The largest absolute Gasteiger partial charge is 0.396 e. The zero-order chi connectivity index (χ0) is 15.6. The summed E-state index contributed by atoms with van der Waals surface area (Å²) in [5, 5.41) is 12.9. The molecule has 1 fully saturated rings. The molecule has 0 radical (unpaired) electrons. The number of aliphatic hydroxyl groups excluding tert-OH is 1. The van der Waals surface area contributed by atoms with E-state index in [9.17, 15) is 5.11 Å². The summed E-state index contributed by atoms with van der Waals surface area (Å²) < 4.78 is 0. The van der Waals surface area contributed by atoms with Crippen LogP contribution in [-0.2, 0) is 13.1 Å². The van der Waals surface area contributed by atoms with Crippen LogP contribution in [0.15, 0.2) is 24.5 Å². The summed E-state index contributed by atoms with van der Waals surface area (Å²) >= 11 is 0. The molecule has 2 aromatic rings. The monoisotopic (exact) mass is 311 g/mol. The van der Waals surface area contributed by atoms with Crippen molar-refractivity contribution in [3.05, 3.63) is 35.8 Å². The summed E-state index contributed by atoms with van der Waals surface area (Å²) in [6.45, 7) is 3.71. The van der Waals surface area contributed by atoms with E-state index in [2.05, 4.69) is 15.2 Å². The molecule has 0 aliphatic carbocycles. The normalized spacial score (nSPS) is 20.6. The van der Waals surface area contributed by atoms with Crippen LogP contribution in [0.1, 0.15) is 24.1 Å². The van der Waals surface area contributed by atoms with Crippen LogP contribution >= 0.6 is 0 Å². The van der Waals surface area contributed by atoms with Gasteiger partial charge in [0.05, 0.1) is 5.69 Å². The summed E-state index contributed by atoms with van der Waals surface area (Å²) in [5.74, 6) is 2.10. The van der Waals surface area contributed by atoms with Crippen LogP contribution in [-0.4, -0.2) is 39.8 Å². The number of aromatic nitrogens is 3. The predicted molar refractivity (Wildman–Crippen MR) is 87.8 cm³/mol. The fraction of sp³-hybridized carbons (Fsp3) is 0.471. The van der Waals surface area contributed by atoms with Crippen LogP contribution in [0.4, 0.5) is 5.82 Å². The van der Waals surface area contributed by atoms with Crippen molar-refractivity contribution >= 4 is 5.82 Å². The molecule has 1 unspecified atom stereocenters. The highest BCUT2D eigenvalue weighted by Crippen LogP contribution is 2.30. The summed E-state index contributed by atoms with van der Waals surface area (Å²) in [7, 11) is 0. The number of pyridine rings is 1. The van der Waals surface area contributed by atoms with Crippen LogP contribution in [0.3, 0.4) is 0 Å². The van der Waals surface area contributed by atoms with Gasteiger partial charge in [-0.05, 0) is 30.9 Å². The van der Waals surface area contributed by atoms with Gasteiger partial charge in [0.25, 0.3) is 0 Å². The molecular formula is C17H21N5O. The lowest BCUT2D eigenvalue weighted by Gasteiger charge is -2.33. The first kappa shape index (κ1) is 14.5. The number of fused-ring (bicyclic) bond motifs is 1. The van der Waals surface area contributed by atoms with E-state index in [1.54, 1.807) is 12.4 Å². The SMILES string of the molecule is OCC1CCCN(c2nc(-c3cccnc3)nc3c2CNC3)C1. The van der Waals surface area contributed by atoms with Gasteiger partial charge in [-0.3, -0.25) is 4.98 Å². The Hall–Kier alpha value is -2.05. The Morgan fingerprint density at radius 1 is 1.30 bits per heavy atom. The van der Waals surface area contributed by atoms with Gasteiger partial charge in [0.2, 0.25) is 0 Å². The number of anilines is 1. The summed E-state index contributed by atoms with van der Waals surface area (Å²) in [6.07, 6.45) is 5.75. The standard InChI is InChI=1S/C17H21N5O/c23-11-12-3-2-6-22(10-12)17-14-8-19-9-15(14)20-16(21-17)13-4-1-5-18-7-13/h1,4-5,7,12,19,23H,2-3,6,8-11H2. The van der Waals surface area contributed by atoms with Gasteiger partial charge in [-0.25, -0.2) is 9.97 Å². The Labute approximate surface area is 135 Å². The maximum atomic E-state index is 9.50. The van der Waals surface area contributed by atoms with E-state index >= 15 is 0 Å². The van der Waals surface area contributed by atoms with Crippen molar-refractivity contribution in [3.8, 4) is 11.4 Å². The van der Waals surface area contributed by atoms with Gasteiger partial charge < -0.3 is 15.3 Å². The summed E-state index contributed by atoms with van der Waals surface area (Å²) in [6, 6.07) is 3.90. The van der Waals surface area contributed by atoms with Crippen molar-refractivity contribution in [2.45, 2.75) is 25.9 Å². The number of piperidine rings is 1. The second kappa shape index (κ2) is 6.22. The summed E-state index contributed by atoms with van der Waals surface area (Å²) in [4.78, 5) is 16.1. The zero-order valence-electron chi connectivity index (χ0n) is 13.1. The van der Waals surface area contributed by atoms with Crippen LogP contribution in [0.2, 0.25) is 0 Å². The molecule has 2 aliphatic heterocycles.